The maximum absolute atomic E-state index is 13.1. The van der Waals surface area contributed by atoms with Crippen LogP contribution >= 0.6 is 0 Å². The molecule has 0 radical (unpaired) electrons. The van der Waals surface area contributed by atoms with Crippen LogP contribution in [0, 0.1) is 17.7 Å². The van der Waals surface area contributed by atoms with E-state index in [2.05, 4.69) is 18.6 Å². The molecular weight excluding hydrogens is 279 g/mol. The van der Waals surface area contributed by atoms with Gasteiger partial charge in [-0.1, -0.05) is 26.7 Å². The Labute approximate surface area is 119 Å². The zero-order valence-corrected chi connectivity index (χ0v) is 12.6. The van der Waals surface area contributed by atoms with Crippen molar-refractivity contribution < 1.29 is 12.8 Å². The average Bonchev–Trinajstić information content (AvgIpc) is 2.38. The highest BCUT2D eigenvalue weighted by Gasteiger charge is 2.30. The van der Waals surface area contributed by atoms with E-state index in [4.69, 9.17) is 5.73 Å². The van der Waals surface area contributed by atoms with Gasteiger partial charge in [-0.15, -0.1) is 0 Å². The van der Waals surface area contributed by atoms with Crippen molar-refractivity contribution in [1.29, 1.82) is 0 Å². The molecule has 1 fully saturated rings. The van der Waals surface area contributed by atoms with E-state index < -0.39 is 15.8 Å². The van der Waals surface area contributed by atoms with Gasteiger partial charge in [-0.3, -0.25) is 0 Å². The smallest absolute Gasteiger partial charge is 0.240 e. The van der Waals surface area contributed by atoms with Crippen LogP contribution in [0.3, 0.4) is 0 Å². The largest absolute Gasteiger partial charge is 0.396 e. The highest BCUT2D eigenvalue weighted by Crippen LogP contribution is 2.30. The lowest BCUT2D eigenvalue weighted by atomic mass is 9.78. The lowest BCUT2D eigenvalue weighted by Crippen LogP contribution is -2.43. The quantitative estimate of drug-likeness (QED) is 0.843. The molecule has 0 amide bonds. The second-order valence-corrected chi connectivity index (χ2v) is 7.39. The Morgan fingerprint density at radius 2 is 2.00 bits per heavy atom. The Bertz CT molecular complexity index is 589. The van der Waals surface area contributed by atoms with Crippen molar-refractivity contribution in [3.05, 3.63) is 24.0 Å². The van der Waals surface area contributed by atoms with E-state index in [1.54, 1.807) is 0 Å². The highest BCUT2D eigenvalue weighted by atomic mass is 32.2. The number of hydrogen-bond acceptors (Lipinski definition) is 3. The van der Waals surface area contributed by atoms with E-state index in [1.165, 1.54) is 6.07 Å². The number of nitrogen functional groups attached to an aromatic ring is 1. The van der Waals surface area contributed by atoms with Gasteiger partial charge in [0.15, 0.2) is 0 Å². The second kappa shape index (κ2) is 5.69. The average molecular weight is 300 g/mol. The molecule has 0 bridgehead atoms. The number of halogens is 1. The summed E-state index contributed by atoms with van der Waals surface area (Å²) in [7, 11) is -3.65. The molecule has 0 spiro atoms. The van der Waals surface area contributed by atoms with Crippen LogP contribution in [0.1, 0.15) is 33.1 Å². The topological polar surface area (TPSA) is 72.2 Å². The van der Waals surface area contributed by atoms with Gasteiger partial charge < -0.3 is 5.73 Å². The van der Waals surface area contributed by atoms with E-state index in [1.807, 2.05) is 0 Å². The van der Waals surface area contributed by atoms with Crippen molar-refractivity contribution in [2.75, 3.05) is 5.73 Å². The molecule has 0 saturated heterocycles. The van der Waals surface area contributed by atoms with Crippen molar-refractivity contribution in [1.82, 2.24) is 4.72 Å². The van der Waals surface area contributed by atoms with Crippen molar-refractivity contribution in [2.24, 2.45) is 11.8 Å². The minimum atomic E-state index is -3.65. The maximum Gasteiger partial charge on any atom is 0.240 e. The molecule has 3 N–H and O–H groups in total. The zero-order valence-electron chi connectivity index (χ0n) is 11.8. The first-order chi connectivity index (χ1) is 9.31. The van der Waals surface area contributed by atoms with Gasteiger partial charge in [0.2, 0.25) is 10.0 Å². The van der Waals surface area contributed by atoms with Gasteiger partial charge in [-0.05, 0) is 36.5 Å². The molecule has 0 aromatic heterocycles. The molecule has 3 unspecified atom stereocenters. The van der Waals surface area contributed by atoms with Crippen LogP contribution in [0.2, 0.25) is 0 Å². The maximum atomic E-state index is 13.1. The van der Waals surface area contributed by atoms with Crippen molar-refractivity contribution in [3.63, 3.8) is 0 Å². The van der Waals surface area contributed by atoms with Crippen LogP contribution in [-0.2, 0) is 10.0 Å². The number of nitrogens with one attached hydrogen (secondary N) is 1. The van der Waals surface area contributed by atoms with Crippen LogP contribution in [0.5, 0.6) is 0 Å². The summed E-state index contributed by atoms with van der Waals surface area (Å²) in [4.78, 5) is 0.0156. The van der Waals surface area contributed by atoms with Crippen LogP contribution in [0.25, 0.3) is 0 Å². The van der Waals surface area contributed by atoms with E-state index in [9.17, 15) is 12.8 Å². The Morgan fingerprint density at radius 1 is 1.30 bits per heavy atom. The molecule has 1 aromatic carbocycles. The number of benzene rings is 1. The van der Waals surface area contributed by atoms with Crippen LogP contribution in [0.4, 0.5) is 10.1 Å². The van der Waals surface area contributed by atoms with E-state index in [-0.39, 0.29) is 22.5 Å². The summed E-state index contributed by atoms with van der Waals surface area (Å²) in [5.41, 5.74) is 5.28. The van der Waals surface area contributed by atoms with Gasteiger partial charge >= 0.3 is 0 Å². The fraction of sp³-hybridized carbons (Fsp3) is 0.571. The third-order valence-electron chi connectivity index (χ3n) is 4.29. The summed E-state index contributed by atoms with van der Waals surface area (Å²) in [5.74, 6) is 0.176. The number of rotatable bonds is 3. The Morgan fingerprint density at radius 3 is 2.65 bits per heavy atom. The number of sulfonamides is 1. The Hall–Kier alpha value is -1.14. The first kappa shape index (κ1) is 15.3. The van der Waals surface area contributed by atoms with E-state index in [0.717, 1.165) is 31.4 Å². The lowest BCUT2D eigenvalue weighted by molar-refractivity contribution is 0.227. The zero-order chi connectivity index (χ0) is 14.9. The van der Waals surface area contributed by atoms with Crippen LogP contribution < -0.4 is 10.5 Å². The summed E-state index contributed by atoms with van der Waals surface area (Å²) in [6.45, 7) is 4.21. The van der Waals surface area contributed by atoms with Crippen LogP contribution in [-0.4, -0.2) is 14.5 Å². The van der Waals surface area contributed by atoms with E-state index in [0.29, 0.717) is 5.92 Å². The second-order valence-electron chi connectivity index (χ2n) is 5.68. The molecule has 1 saturated carbocycles. The molecule has 1 aliphatic rings. The summed E-state index contributed by atoms with van der Waals surface area (Å²) in [6.07, 6.45) is 2.98. The standard InChI is InChI=1S/C14H21FN2O2S/c1-9-4-3-5-14(10(9)2)17-20(18,19)11-6-7-12(15)13(16)8-11/h6-10,14,17H,3-5,16H2,1-2H3. The molecule has 6 heteroatoms. The van der Waals surface area contributed by atoms with Gasteiger partial charge in [0, 0.05) is 6.04 Å². The summed E-state index contributed by atoms with van der Waals surface area (Å²) >= 11 is 0. The minimum Gasteiger partial charge on any atom is -0.396 e. The first-order valence-electron chi connectivity index (χ1n) is 6.88. The van der Waals surface area contributed by atoms with E-state index >= 15 is 0 Å². The highest BCUT2D eigenvalue weighted by molar-refractivity contribution is 7.89. The predicted molar refractivity (Wildman–Crippen MR) is 77.1 cm³/mol. The van der Waals surface area contributed by atoms with Crippen LogP contribution in [0.15, 0.2) is 23.1 Å². The molecule has 4 nitrogen and oxygen atoms in total. The normalized spacial score (nSPS) is 27.4. The minimum absolute atomic E-state index is 0.0156. The molecule has 3 atom stereocenters. The Kier molecular flexibility index (Phi) is 4.34. The molecule has 0 aliphatic heterocycles. The van der Waals surface area contributed by atoms with Gasteiger partial charge in [0.25, 0.3) is 0 Å². The monoisotopic (exact) mass is 300 g/mol. The fourth-order valence-corrected chi connectivity index (χ4v) is 4.10. The summed E-state index contributed by atoms with van der Waals surface area (Å²) < 4.78 is 40.5. The summed E-state index contributed by atoms with van der Waals surface area (Å²) in [6, 6.07) is 3.41. The fourth-order valence-electron chi connectivity index (χ4n) is 2.70. The van der Waals surface area contributed by atoms with Crippen molar-refractivity contribution >= 4 is 15.7 Å². The molecule has 2 rings (SSSR count). The lowest BCUT2D eigenvalue weighted by Gasteiger charge is -2.34. The molecule has 20 heavy (non-hydrogen) atoms. The Balaban J connectivity index is 2.20. The molecule has 112 valence electrons. The number of nitrogens with two attached hydrogens (primary N) is 1. The third-order valence-corrected chi connectivity index (χ3v) is 5.78. The van der Waals surface area contributed by atoms with Gasteiger partial charge in [-0.25, -0.2) is 17.5 Å². The molecule has 1 aromatic rings. The van der Waals surface area contributed by atoms with Gasteiger partial charge in [0.1, 0.15) is 5.82 Å². The first-order valence-corrected chi connectivity index (χ1v) is 8.37. The number of anilines is 1. The molecule has 0 heterocycles. The summed E-state index contributed by atoms with van der Waals surface area (Å²) in [5, 5.41) is 0. The SMILES string of the molecule is CC1CCCC(NS(=O)(=O)c2ccc(F)c(N)c2)C1C. The van der Waals surface area contributed by atoms with Crippen molar-refractivity contribution in [2.45, 2.75) is 44.0 Å². The van der Waals surface area contributed by atoms with Gasteiger partial charge in [0.05, 0.1) is 10.6 Å². The molecule has 1 aliphatic carbocycles. The predicted octanol–water partition coefficient (Wildman–Crippen LogP) is 2.51. The molecular formula is C14H21FN2O2S. The number of hydrogen-bond donors (Lipinski definition) is 2. The van der Waals surface area contributed by atoms with Gasteiger partial charge in [-0.2, -0.15) is 0 Å². The third kappa shape index (κ3) is 3.12. The van der Waals surface area contributed by atoms with Crippen molar-refractivity contribution in [3.8, 4) is 0 Å².